The molecule has 4 N–H and O–H groups in total. The van der Waals surface area contributed by atoms with Crippen LogP contribution in [0.4, 0.5) is 10.2 Å². The van der Waals surface area contributed by atoms with E-state index in [9.17, 15) is 14.5 Å². The van der Waals surface area contributed by atoms with E-state index in [0.717, 1.165) is 11.5 Å². The van der Waals surface area contributed by atoms with Crippen LogP contribution < -0.4 is 21.0 Å². The number of benzene rings is 1. The molecule has 0 radical (unpaired) electrons. The monoisotopic (exact) mass is 528 g/mol. The number of hydrogen-bond acceptors (Lipinski definition) is 10. The Balaban J connectivity index is 0.00000145. The molecule has 1 unspecified atom stereocenters. The van der Waals surface area contributed by atoms with Gasteiger partial charge >= 0.3 is 19.6 Å². The third-order valence-corrected chi connectivity index (χ3v) is 7.22. The minimum Gasteiger partial charge on any atom is -0.413 e. The molecule has 14 heteroatoms. The molecular formula is C22H30FN4O8P. The van der Waals surface area contributed by atoms with Crippen LogP contribution >= 0.6 is 7.75 Å². The van der Waals surface area contributed by atoms with Gasteiger partial charge in [-0.25, -0.2) is 18.8 Å². The van der Waals surface area contributed by atoms with Gasteiger partial charge in [-0.1, -0.05) is 32.0 Å². The van der Waals surface area contributed by atoms with Crippen LogP contribution in [0.5, 0.6) is 5.75 Å². The first-order chi connectivity index (χ1) is 16.8. The normalized spacial score (nSPS) is 25.8. The maximum Gasteiger partial charge on any atom is 0.459 e. The van der Waals surface area contributed by atoms with Crippen molar-refractivity contribution in [3.8, 4) is 5.75 Å². The van der Waals surface area contributed by atoms with Gasteiger partial charge in [0.1, 0.15) is 23.8 Å². The Morgan fingerprint density at radius 1 is 1.31 bits per heavy atom. The zero-order valence-corrected chi connectivity index (χ0v) is 21.1. The van der Waals surface area contributed by atoms with Gasteiger partial charge in [0.25, 0.3) is 0 Å². The molecule has 198 valence electrons. The lowest BCUT2D eigenvalue weighted by atomic mass is 9.98. The summed E-state index contributed by atoms with van der Waals surface area (Å²) in [7, 11) is -3.94. The standard InChI is InChI=1S/C21H30FN4O6P.CO2/c1-13(2)14(3)25-33(29,32-15-8-6-5-7-9-15)30-12-16-18(27)21(4,22)19(31-16)26-11-10-17(23)24-20(26)28;2-1-3/h5-11,13-14,16,18-19,27H,12H2,1-4H3,(H,25,29)(H2,23,24,28);/t14-,16-,18-,19-,21-,33?;/m1./s1. The van der Waals surface area contributed by atoms with Gasteiger partial charge in [0.2, 0.25) is 0 Å². The zero-order chi connectivity index (χ0) is 27.1. The van der Waals surface area contributed by atoms with E-state index in [0.29, 0.717) is 5.75 Å². The largest absolute Gasteiger partial charge is 0.459 e. The number of rotatable bonds is 9. The SMILES string of the molecule is CC(C)[C@@H](C)NP(=O)(OC[C@H]1O[C@@H](n2ccc(N)nc2=O)[C@](C)(F)[C@@H]1O)Oc1ccccc1.O=C=O. The Kier molecular flexibility index (Phi) is 10.1. The lowest BCUT2D eigenvalue weighted by Gasteiger charge is -2.27. The molecule has 36 heavy (non-hydrogen) atoms. The fraction of sp³-hybridized carbons (Fsp3) is 0.500. The van der Waals surface area contributed by atoms with Crippen molar-refractivity contribution in [2.45, 2.75) is 57.8 Å². The third kappa shape index (κ3) is 7.30. The Morgan fingerprint density at radius 3 is 2.47 bits per heavy atom. The molecule has 1 aliphatic heterocycles. The van der Waals surface area contributed by atoms with Gasteiger partial charge in [-0.15, -0.1) is 0 Å². The second-order valence-corrected chi connectivity index (χ2v) is 10.3. The number of anilines is 1. The molecule has 0 bridgehead atoms. The van der Waals surface area contributed by atoms with Crippen molar-refractivity contribution in [1.29, 1.82) is 0 Å². The maximum absolute atomic E-state index is 15.4. The van der Waals surface area contributed by atoms with Crippen molar-refractivity contribution in [1.82, 2.24) is 14.6 Å². The number of aliphatic hydroxyl groups excluding tert-OH is 1. The van der Waals surface area contributed by atoms with Crippen LogP contribution in [0.1, 0.15) is 33.9 Å². The lowest BCUT2D eigenvalue weighted by Crippen LogP contribution is -2.43. The summed E-state index contributed by atoms with van der Waals surface area (Å²) >= 11 is 0. The molecular weight excluding hydrogens is 498 g/mol. The smallest absolute Gasteiger partial charge is 0.413 e. The average molecular weight is 528 g/mol. The van der Waals surface area contributed by atoms with Crippen molar-refractivity contribution < 1.29 is 37.4 Å². The molecule has 1 saturated heterocycles. The van der Waals surface area contributed by atoms with Crippen molar-refractivity contribution >= 4 is 19.7 Å². The summed E-state index contributed by atoms with van der Waals surface area (Å²) in [5, 5.41) is 13.4. The highest BCUT2D eigenvalue weighted by Gasteiger charge is 2.55. The number of nitrogens with two attached hydrogens (primary N) is 1. The molecule has 1 aliphatic rings. The predicted octanol–water partition coefficient (Wildman–Crippen LogP) is 2.07. The highest BCUT2D eigenvalue weighted by molar-refractivity contribution is 7.52. The minimum atomic E-state index is -3.94. The number of aliphatic hydroxyl groups is 1. The molecule has 6 atom stereocenters. The van der Waals surface area contributed by atoms with Gasteiger partial charge in [-0.2, -0.15) is 14.6 Å². The maximum atomic E-state index is 15.4. The van der Waals surface area contributed by atoms with Crippen LogP contribution in [0.15, 0.2) is 47.4 Å². The molecule has 1 aromatic heterocycles. The molecule has 0 amide bonds. The van der Waals surface area contributed by atoms with E-state index in [1.165, 1.54) is 12.3 Å². The molecule has 0 spiro atoms. The molecule has 2 aromatic rings. The summed E-state index contributed by atoms with van der Waals surface area (Å²) in [6.07, 6.45) is -2.92. The second kappa shape index (κ2) is 12.4. The molecule has 3 rings (SSSR count). The van der Waals surface area contributed by atoms with Crippen LogP contribution in [-0.2, 0) is 23.4 Å². The van der Waals surface area contributed by atoms with Crippen LogP contribution in [0.25, 0.3) is 0 Å². The van der Waals surface area contributed by atoms with E-state index in [4.69, 9.17) is 29.1 Å². The predicted molar refractivity (Wildman–Crippen MR) is 125 cm³/mol. The molecule has 2 heterocycles. The highest BCUT2D eigenvalue weighted by Crippen LogP contribution is 2.47. The van der Waals surface area contributed by atoms with Gasteiger partial charge < -0.3 is 20.1 Å². The number of halogens is 1. The Bertz CT molecular complexity index is 1140. The second-order valence-electron chi connectivity index (χ2n) is 8.61. The summed E-state index contributed by atoms with van der Waals surface area (Å²) in [5.41, 5.74) is 2.29. The van der Waals surface area contributed by atoms with E-state index >= 15 is 4.39 Å². The third-order valence-electron chi connectivity index (χ3n) is 5.56. The first kappa shape index (κ1) is 29.3. The number of nitrogens with zero attached hydrogens (tertiary/aromatic N) is 2. The molecule has 0 aliphatic carbocycles. The van der Waals surface area contributed by atoms with Gasteiger partial charge in [-0.05, 0) is 38.0 Å². The number of aromatic nitrogens is 2. The Hall–Kier alpha value is -2.92. The minimum absolute atomic E-state index is 0.0282. The zero-order valence-electron chi connectivity index (χ0n) is 20.2. The molecule has 12 nitrogen and oxygen atoms in total. The summed E-state index contributed by atoms with van der Waals surface area (Å²) in [6.45, 7) is 6.34. The van der Waals surface area contributed by atoms with Crippen molar-refractivity contribution in [2.24, 2.45) is 5.92 Å². The van der Waals surface area contributed by atoms with Crippen LogP contribution in [0.2, 0.25) is 0 Å². The lowest BCUT2D eigenvalue weighted by molar-refractivity contribution is -0.191. The van der Waals surface area contributed by atoms with Crippen molar-refractivity contribution in [3.63, 3.8) is 0 Å². The molecule has 1 fully saturated rings. The number of nitrogen functional groups attached to an aromatic ring is 1. The number of carbonyl (C=O) groups excluding carboxylic acids is 2. The molecule has 1 aromatic carbocycles. The number of para-hydroxylation sites is 1. The van der Waals surface area contributed by atoms with Gasteiger partial charge in [0.05, 0.1) is 6.61 Å². The quantitative estimate of drug-likeness (QED) is 0.407. The molecule has 0 saturated carbocycles. The van der Waals surface area contributed by atoms with E-state index in [1.54, 1.807) is 30.3 Å². The average Bonchev–Trinajstić information content (AvgIpc) is 3.02. The highest BCUT2D eigenvalue weighted by atomic mass is 31.2. The Labute approximate surface area is 207 Å². The van der Waals surface area contributed by atoms with E-state index in [2.05, 4.69) is 10.1 Å². The topological polar surface area (TPSA) is 172 Å². The van der Waals surface area contributed by atoms with Gasteiger partial charge in [-0.3, -0.25) is 9.09 Å². The first-order valence-electron chi connectivity index (χ1n) is 11.0. The fourth-order valence-electron chi connectivity index (χ4n) is 3.24. The number of hydrogen-bond donors (Lipinski definition) is 3. The van der Waals surface area contributed by atoms with E-state index < -0.39 is 44.1 Å². The van der Waals surface area contributed by atoms with E-state index in [-0.39, 0.29) is 23.9 Å². The van der Waals surface area contributed by atoms with Crippen LogP contribution in [0, 0.1) is 5.92 Å². The van der Waals surface area contributed by atoms with Crippen molar-refractivity contribution in [2.75, 3.05) is 12.3 Å². The summed E-state index contributed by atoms with van der Waals surface area (Å²) < 4.78 is 46.6. The summed E-state index contributed by atoms with van der Waals surface area (Å²) in [4.78, 5) is 32.0. The van der Waals surface area contributed by atoms with Crippen molar-refractivity contribution in [3.05, 3.63) is 53.1 Å². The Morgan fingerprint density at radius 2 is 1.92 bits per heavy atom. The van der Waals surface area contributed by atoms with Gasteiger partial charge in [0, 0.05) is 12.2 Å². The summed E-state index contributed by atoms with van der Waals surface area (Å²) in [6, 6.07) is 9.52. The first-order valence-corrected chi connectivity index (χ1v) is 12.5. The summed E-state index contributed by atoms with van der Waals surface area (Å²) in [5.74, 6) is 0.391. The van der Waals surface area contributed by atoms with E-state index in [1.807, 2.05) is 20.8 Å². The fourth-order valence-corrected chi connectivity index (χ4v) is 4.95. The van der Waals surface area contributed by atoms with Crippen LogP contribution in [0.3, 0.4) is 0 Å². The van der Waals surface area contributed by atoms with Gasteiger partial charge in [0.15, 0.2) is 11.9 Å². The van der Waals surface area contributed by atoms with Crippen LogP contribution in [-0.4, -0.2) is 51.3 Å². The number of alkyl halides is 1. The number of nitrogens with one attached hydrogen (secondary N) is 1. The number of ether oxygens (including phenoxy) is 1.